The number of nitrogen functional groups attached to an aromatic ring is 1. The SMILES string of the molecule is CC(C)Cc1cc(C(=O)N2CCc3oc(Cc4ccccc4)nc3C2)nc(N)n1. The molecule has 2 N–H and O–H groups in total. The van der Waals surface area contributed by atoms with E-state index < -0.39 is 0 Å². The number of fused-ring (bicyclic) bond motifs is 1. The summed E-state index contributed by atoms with van der Waals surface area (Å²) >= 11 is 0. The number of aromatic nitrogens is 3. The number of rotatable bonds is 5. The highest BCUT2D eigenvalue weighted by Crippen LogP contribution is 2.23. The third-order valence-corrected chi connectivity index (χ3v) is 4.89. The quantitative estimate of drug-likeness (QED) is 0.718. The number of nitrogens with two attached hydrogens (primary N) is 1. The van der Waals surface area contributed by atoms with Gasteiger partial charge in [0.05, 0.1) is 6.54 Å². The summed E-state index contributed by atoms with van der Waals surface area (Å²) in [7, 11) is 0. The molecule has 0 radical (unpaired) electrons. The predicted octanol–water partition coefficient (Wildman–Crippen LogP) is 3.03. The highest BCUT2D eigenvalue weighted by atomic mass is 16.4. The summed E-state index contributed by atoms with van der Waals surface area (Å²) in [5, 5.41) is 0. The average molecular weight is 391 g/mol. The number of carbonyl (C=O) groups excluding carboxylic acids is 1. The summed E-state index contributed by atoms with van der Waals surface area (Å²) in [6, 6.07) is 11.8. The van der Waals surface area contributed by atoms with Crippen molar-refractivity contribution < 1.29 is 9.21 Å². The van der Waals surface area contributed by atoms with Crippen LogP contribution in [0.25, 0.3) is 0 Å². The van der Waals surface area contributed by atoms with E-state index in [4.69, 9.17) is 10.2 Å². The van der Waals surface area contributed by atoms with E-state index in [1.54, 1.807) is 11.0 Å². The van der Waals surface area contributed by atoms with Crippen molar-refractivity contribution in [2.45, 2.75) is 39.7 Å². The Morgan fingerprint density at radius 3 is 2.76 bits per heavy atom. The van der Waals surface area contributed by atoms with Gasteiger partial charge < -0.3 is 15.1 Å². The Kier molecular flexibility index (Phi) is 5.29. The van der Waals surface area contributed by atoms with Crippen LogP contribution in [0.4, 0.5) is 5.95 Å². The van der Waals surface area contributed by atoms with Crippen molar-refractivity contribution in [1.82, 2.24) is 19.9 Å². The third kappa shape index (κ3) is 4.45. The molecule has 0 unspecified atom stereocenters. The zero-order valence-electron chi connectivity index (χ0n) is 16.8. The number of benzene rings is 1. The summed E-state index contributed by atoms with van der Waals surface area (Å²) in [5.41, 5.74) is 8.93. The first-order valence-corrected chi connectivity index (χ1v) is 9.92. The maximum Gasteiger partial charge on any atom is 0.273 e. The van der Waals surface area contributed by atoms with Gasteiger partial charge >= 0.3 is 0 Å². The lowest BCUT2D eigenvalue weighted by Crippen LogP contribution is -2.36. The Hall–Kier alpha value is -3.22. The van der Waals surface area contributed by atoms with E-state index in [1.807, 2.05) is 30.3 Å². The second kappa shape index (κ2) is 8.03. The molecule has 7 nitrogen and oxygen atoms in total. The molecule has 4 rings (SSSR count). The molecule has 150 valence electrons. The van der Waals surface area contributed by atoms with Gasteiger partial charge in [0, 0.05) is 25.1 Å². The van der Waals surface area contributed by atoms with Gasteiger partial charge in [-0.2, -0.15) is 0 Å². The van der Waals surface area contributed by atoms with E-state index >= 15 is 0 Å². The van der Waals surface area contributed by atoms with Gasteiger partial charge in [-0.3, -0.25) is 4.79 Å². The maximum absolute atomic E-state index is 13.0. The van der Waals surface area contributed by atoms with E-state index in [0.717, 1.165) is 29.1 Å². The Balaban J connectivity index is 1.50. The van der Waals surface area contributed by atoms with Crippen LogP contribution in [-0.2, 0) is 25.8 Å². The molecule has 0 bridgehead atoms. The van der Waals surface area contributed by atoms with Crippen molar-refractivity contribution in [1.29, 1.82) is 0 Å². The van der Waals surface area contributed by atoms with Crippen molar-refractivity contribution >= 4 is 11.9 Å². The van der Waals surface area contributed by atoms with Gasteiger partial charge in [0.15, 0.2) is 5.89 Å². The van der Waals surface area contributed by atoms with E-state index in [1.165, 1.54) is 0 Å². The third-order valence-electron chi connectivity index (χ3n) is 4.89. The van der Waals surface area contributed by atoms with Crippen LogP contribution >= 0.6 is 0 Å². The van der Waals surface area contributed by atoms with Crippen molar-refractivity contribution in [3.63, 3.8) is 0 Å². The highest BCUT2D eigenvalue weighted by molar-refractivity contribution is 5.92. The Bertz CT molecular complexity index is 1010. The molecule has 1 aliphatic heterocycles. The van der Waals surface area contributed by atoms with Gasteiger partial charge in [-0.1, -0.05) is 44.2 Å². The largest absolute Gasteiger partial charge is 0.445 e. The fourth-order valence-corrected chi connectivity index (χ4v) is 3.58. The molecular formula is C22H25N5O2. The summed E-state index contributed by atoms with van der Waals surface area (Å²) in [6.45, 7) is 5.18. The van der Waals surface area contributed by atoms with Gasteiger partial charge in [-0.25, -0.2) is 15.0 Å². The van der Waals surface area contributed by atoms with E-state index in [9.17, 15) is 4.79 Å². The smallest absolute Gasteiger partial charge is 0.273 e. The Morgan fingerprint density at radius 2 is 2.00 bits per heavy atom. The minimum atomic E-state index is -0.151. The number of amides is 1. The van der Waals surface area contributed by atoms with Crippen LogP contribution in [0, 0.1) is 5.92 Å². The minimum absolute atomic E-state index is 0.135. The zero-order chi connectivity index (χ0) is 20.4. The lowest BCUT2D eigenvalue weighted by atomic mass is 10.1. The highest BCUT2D eigenvalue weighted by Gasteiger charge is 2.27. The molecule has 7 heteroatoms. The molecule has 1 aliphatic rings. The van der Waals surface area contributed by atoms with Crippen LogP contribution in [-0.4, -0.2) is 32.3 Å². The van der Waals surface area contributed by atoms with Crippen molar-refractivity contribution in [3.05, 3.63) is 70.7 Å². The van der Waals surface area contributed by atoms with Crippen molar-refractivity contribution in [2.24, 2.45) is 5.92 Å². The van der Waals surface area contributed by atoms with Gasteiger partial charge in [-0.15, -0.1) is 0 Å². The standard InChI is InChI=1S/C22H25N5O2/c1-14(2)10-16-12-17(26-22(23)24-16)21(28)27-9-8-19-18(13-27)25-20(29-19)11-15-6-4-3-5-7-15/h3-7,12,14H,8-11,13H2,1-2H3,(H2,23,24,26). The summed E-state index contributed by atoms with van der Waals surface area (Å²) < 4.78 is 5.93. The van der Waals surface area contributed by atoms with Crippen molar-refractivity contribution in [3.8, 4) is 0 Å². The molecule has 0 fully saturated rings. The molecule has 29 heavy (non-hydrogen) atoms. The molecule has 1 amide bonds. The number of oxazole rings is 1. The lowest BCUT2D eigenvalue weighted by molar-refractivity contribution is 0.0721. The van der Waals surface area contributed by atoms with Gasteiger partial charge in [-0.05, 0) is 24.0 Å². The van der Waals surface area contributed by atoms with Crippen molar-refractivity contribution in [2.75, 3.05) is 12.3 Å². The summed E-state index contributed by atoms with van der Waals surface area (Å²) in [6.07, 6.45) is 2.04. The first-order chi connectivity index (χ1) is 14.0. The summed E-state index contributed by atoms with van der Waals surface area (Å²) in [4.78, 5) is 27.8. The Labute approximate surface area is 170 Å². The number of anilines is 1. The van der Waals surface area contributed by atoms with E-state index in [-0.39, 0.29) is 11.9 Å². The first-order valence-electron chi connectivity index (χ1n) is 9.92. The molecule has 0 saturated carbocycles. The maximum atomic E-state index is 13.0. The summed E-state index contributed by atoms with van der Waals surface area (Å²) in [5.74, 6) is 1.95. The van der Waals surface area contributed by atoms with Crippen LogP contribution in [0.1, 0.15) is 52.9 Å². The van der Waals surface area contributed by atoms with Crippen LogP contribution in [0.3, 0.4) is 0 Å². The van der Waals surface area contributed by atoms with Gasteiger partial charge in [0.25, 0.3) is 5.91 Å². The zero-order valence-corrected chi connectivity index (χ0v) is 16.8. The molecule has 2 aromatic heterocycles. The number of hydrogen-bond donors (Lipinski definition) is 1. The molecule has 0 spiro atoms. The molecule has 3 aromatic rings. The van der Waals surface area contributed by atoms with Gasteiger partial charge in [0.2, 0.25) is 5.95 Å². The van der Waals surface area contributed by atoms with Gasteiger partial charge in [0.1, 0.15) is 17.1 Å². The lowest BCUT2D eigenvalue weighted by Gasteiger charge is -2.25. The van der Waals surface area contributed by atoms with E-state index in [2.05, 4.69) is 28.8 Å². The second-order valence-corrected chi connectivity index (χ2v) is 7.82. The molecule has 0 saturated heterocycles. The monoisotopic (exact) mass is 391 g/mol. The molecular weight excluding hydrogens is 366 g/mol. The molecule has 0 aliphatic carbocycles. The fourth-order valence-electron chi connectivity index (χ4n) is 3.58. The van der Waals surface area contributed by atoms with Crippen LogP contribution in [0.15, 0.2) is 40.8 Å². The molecule has 1 aromatic carbocycles. The minimum Gasteiger partial charge on any atom is -0.445 e. The molecule has 0 atom stereocenters. The normalized spacial score (nSPS) is 13.6. The average Bonchev–Trinajstić information content (AvgIpc) is 3.08. The van der Waals surface area contributed by atoms with Crippen LogP contribution < -0.4 is 5.73 Å². The number of nitrogens with zero attached hydrogens (tertiary/aromatic N) is 4. The first kappa shape index (κ1) is 19.1. The predicted molar refractivity (Wildman–Crippen MR) is 109 cm³/mol. The number of hydrogen-bond acceptors (Lipinski definition) is 6. The topological polar surface area (TPSA) is 98.1 Å². The van der Waals surface area contributed by atoms with E-state index in [0.29, 0.717) is 43.4 Å². The Morgan fingerprint density at radius 1 is 1.21 bits per heavy atom. The molecule has 3 heterocycles. The fraction of sp³-hybridized carbons (Fsp3) is 0.364. The van der Waals surface area contributed by atoms with Crippen LogP contribution in [0.2, 0.25) is 0 Å². The number of carbonyl (C=O) groups is 1. The van der Waals surface area contributed by atoms with Crippen LogP contribution in [0.5, 0.6) is 0 Å². The second-order valence-electron chi connectivity index (χ2n) is 7.82.